The van der Waals surface area contributed by atoms with Gasteiger partial charge in [0.15, 0.2) is 0 Å². The number of anilines is 1. The number of carbonyl (C=O) groups is 2. The van der Waals surface area contributed by atoms with Crippen LogP contribution < -0.4 is 10.6 Å². The molecule has 98 valence electrons. The number of carboxylic acid groups (broad SMARTS) is 1. The quantitative estimate of drug-likeness (QED) is 0.797. The fraction of sp³-hybridized carbons (Fsp3) is 0.333. The number of nitrogens with two attached hydrogens (primary N) is 1. The summed E-state index contributed by atoms with van der Waals surface area (Å²) in [6.07, 6.45) is 0. The van der Waals surface area contributed by atoms with Gasteiger partial charge in [-0.05, 0) is 12.1 Å². The lowest BCUT2D eigenvalue weighted by Crippen LogP contribution is -2.34. The lowest BCUT2D eigenvalue weighted by Gasteiger charge is -2.17. The van der Waals surface area contributed by atoms with Crippen molar-refractivity contribution in [1.82, 2.24) is 0 Å². The molecule has 0 heterocycles. The van der Waals surface area contributed by atoms with E-state index in [1.54, 1.807) is 11.9 Å². The van der Waals surface area contributed by atoms with Crippen LogP contribution in [0.1, 0.15) is 0 Å². The Bertz CT molecular complexity index is 411. The van der Waals surface area contributed by atoms with Gasteiger partial charge < -0.3 is 15.7 Å². The highest BCUT2D eigenvalue weighted by Crippen LogP contribution is 2.13. The van der Waals surface area contributed by atoms with E-state index in [-0.39, 0.29) is 17.4 Å². The fourth-order valence-electron chi connectivity index (χ4n) is 1.24. The minimum Gasteiger partial charge on any atom is -0.480 e. The molecule has 0 unspecified atom stereocenters. The van der Waals surface area contributed by atoms with Crippen LogP contribution in [0.3, 0.4) is 0 Å². The number of hydrogen-bond acceptors (Lipinski definition) is 4. The van der Waals surface area contributed by atoms with Crippen molar-refractivity contribution in [3.8, 4) is 0 Å². The van der Waals surface area contributed by atoms with Gasteiger partial charge in [0, 0.05) is 18.5 Å². The van der Waals surface area contributed by atoms with E-state index in [2.05, 4.69) is 0 Å². The molecule has 0 spiro atoms. The fourth-order valence-corrected chi connectivity index (χ4v) is 2.12. The summed E-state index contributed by atoms with van der Waals surface area (Å²) in [5, 5.41) is 8.60. The van der Waals surface area contributed by atoms with E-state index in [9.17, 15) is 9.59 Å². The molecule has 1 atom stereocenters. The standard InChI is InChI=1S/C12H16N2O3S/c1-14(9-5-3-2-4-6-9)11(15)8-18-7-10(13)12(16)17/h2-6,10H,7-8,13H2,1H3,(H,16,17)/t10-/m0/s1. The number of nitrogens with zero attached hydrogens (tertiary/aromatic N) is 1. The molecule has 6 heteroatoms. The van der Waals surface area contributed by atoms with Crippen LogP contribution >= 0.6 is 11.8 Å². The highest BCUT2D eigenvalue weighted by atomic mass is 32.2. The van der Waals surface area contributed by atoms with E-state index < -0.39 is 12.0 Å². The van der Waals surface area contributed by atoms with Crippen LogP contribution in [0.15, 0.2) is 30.3 Å². The molecule has 1 amide bonds. The molecule has 1 rings (SSSR count). The number of rotatable bonds is 6. The molecule has 1 aromatic rings. The Morgan fingerprint density at radius 1 is 1.39 bits per heavy atom. The number of carboxylic acids is 1. The maximum Gasteiger partial charge on any atom is 0.321 e. The summed E-state index contributed by atoms with van der Waals surface area (Å²) in [7, 11) is 1.69. The number of thioether (sulfide) groups is 1. The van der Waals surface area contributed by atoms with Crippen LogP contribution in [-0.4, -0.2) is 41.6 Å². The second-order valence-corrected chi connectivity index (χ2v) is 4.78. The van der Waals surface area contributed by atoms with Crippen molar-refractivity contribution in [2.45, 2.75) is 6.04 Å². The summed E-state index contributed by atoms with van der Waals surface area (Å²) < 4.78 is 0. The minimum absolute atomic E-state index is 0.0798. The van der Waals surface area contributed by atoms with Gasteiger partial charge >= 0.3 is 5.97 Å². The van der Waals surface area contributed by atoms with Gasteiger partial charge in [0.05, 0.1) is 5.75 Å². The number of para-hydroxylation sites is 1. The van der Waals surface area contributed by atoms with Gasteiger partial charge in [0.2, 0.25) is 5.91 Å². The van der Waals surface area contributed by atoms with Crippen molar-refractivity contribution >= 4 is 29.3 Å². The molecule has 1 aromatic carbocycles. The maximum atomic E-state index is 11.8. The molecule has 0 aromatic heterocycles. The molecule has 0 fully saturated rings. The summed E-state index contributed by atoms with van der Waals surface area (Å²) in [5.41, 5.74) is 6.16. The molecule has 0 saturated heterocycles. The normalized spacial score (nSPS) is 11.9. The van der Waals surface area contributed by atoms with E-state index in [1.807, 2.05) is 30.3 Å². The van der Waals surface area contributed by atoms with Crippen LogP contribution in [0.4, 0.5) is 5.69 Å². The summed E-state index contributed by atoms with van der Waals surface area (Å²) in [4.78, 5) is 23.8. The van der Waals surface area contributed by atoms with Gasteiger partial charge in [0.1, 0.15) is 6.04 Å². The molecule has 18 heavy (non-hydrogen) atoms. The minimum atomic E-state index is -1.05. The molecule has 0 bridgehead atoms. The van der Waals surface area contributed by atoms with Gasteiger partial charge in [-0.15, -0.1) is 11.8 Å². The van der Waals surface area contributed by atoms with Crippen molar-refractivity contribution in [2.24, 2.45) is 5.73 Å². The summed E-state index contributed by atoms with van der Waals surface area (Å²) in [5.74, 6) is -0.689. The first kappa shape index (κ1) is 14.5. The predicted molar refractivity (Wildman–Crippen MR) is 72.8 cm³/mol. The van der Waals surface area contributed by atoms with Crippen molar-refractivity contribution < 1.29 is 14.7 Å². The molecular weight excluding hydrogens is 252 g/mol. The lowest BCUT2D eigenvalue weighted by atomic mass is 10.3. The summed E-state index contributed by atoms with van der Waals surface area (Å²) >= 11 is 1.22. The lowest BCUT2D eigenvalue weighted by molar-refractivity contribution is -0.137. The number of amides is 1. The zero-order chi connectivity index (χ0) is 13.5. The molecule has 0 aliphatic rings. The molecule has 5 nitrogen and oxygen atoms in total. The molecule has 3 N–H and O–H groups in total. The molecular formula is C12H16N2O3S. The monoisotopic (exact) mass is 268 g/mol. The topological polar surface area (TPSA) is 83.6 Å². The molecule has 0 aliphatic heterocycles. The van der Waals surface area contributed by atoms with Crippen molar-refractivity contribution in [3.05, 3.63) is 30.3 Å². The Labute approximate surface area is 110 Å². The van der Waals surface area contributed by atoms with Crippen LogP contribution in [0.2, 0.25) is 0 Å². The predicted octanol–water partition coefficient (Wildman–Crippen LogP) is 0.794. The van der Waals surface area contributed by atoms with Gasteiger partial charge in [-0.1, -0.05) is 18.2 Å². The molecule has 0 aliphatic carbocycles. The first-order valence-corrected chi connectivity index (χ1v) is 6.55. The van der Waals surface area contributed by atoms with Crippen molar-refractivity contribution in [1.29, 1.82) is 0 Å². The highest BCUT2D eigenvalue weighted by molar-refractivity contribution is 8.00. The Kier molecular flexibility index (Phi) is 5.67. The summed E-state index contributed by atoms with van der Waals surface area (Å²) in [6, 6.07) is 8.34. The number of benzene rings is 1. The first-order valence-electron chi connectivity index (χ1n) is 5.40. The Morgan fingerprint density at radius 2 is 2.00 bits per heavy atom. The van der Waals surface area contributed by atoms with Crippen LogP contribution in [-0.2, 0) is 9.59 Å². The average molecular weight is 268 g/mol. The van der Waals surface area contributed by atoms with Crippen molar-refractivity contribution in [3.63, 3.8) is 0 Å². The Balaban J connectivity index is 2.40. The van der Waals surface area contributed by atoms with E-state index in [1.165, 1.54) is 11.8 Å². The third-order valence-electron chi connectivity index (χ3n) is 2.36. The SMILES string of the molecule is CN(C(=O)CSC[C@H](N)C(=O)O)c1ccccc1. The number of aliphatic carboxylic acids is 1. The van der Waals surface area contributed by atoms with E-state index in [4.69, 9.17) is 10.8 Å². The number of carbonyl (C=O) groups excluding carboxylic acids is 1. The molecule has 0 radical (unpaired) electrons. The van der Waals surface area contributed by atoms with E-state index in [0.717, 1.165) is 5.69 Å². The first-order chi connectivity index (χ1) is 8.52. The second kappa shape index (κ2) is 7.03. The second-order valence-electron chi connectivity index (χ2n) is 3.75. The average Bonchev–Trinajstić information content (AvgIpc) is 2.38. The zero-order valence-electron chi connectivity index (χ0n) is 10.1. The zero-order valence-corrected chi connectivity index (χ0v) is 10.9. The van der Waals surface area contributed by atoms with Gasteiger partial charge in [-0.25, -0.2) is 0 Å². The van der Waals surface area contributed by atoms with Gasteiger partial charge in [0.25, 0.3) is 0 Å². The van der Waals surface area contributed by atoms with Crippen molar-refractivity contribution in [2.75, 3.05) is 23.5 Å². The smallest absolute Gasteiger partial charge is 0.321 e. The highest BCUT2D eigenvalue weighted by Gasteiger charge is 2.14. The van der Waals surface area contributed by atoms with Crippen LogP contribution in [0.25, 0.3) is 0 Å². The van der Waals surface area contributed by atoms with E-state index in [0.29, 0.717) is 0 Å². The third kappa shape index (κ3) is 4.38. The van der Waals surface area contributed by atoms with Crippen LogP contribution in [0, 0.1) is 0 Å². The Morgan fingerprint density at radius 3 is 2.56 bits per heavy atom. The number of hydrogen-bond donors (Lipinski definition) is 2. The van der Waals surface area contributed by atoms with E-state index >= 15 is 0 Å². The maximum absolute atomic E-state index is 11.8. The van der Waals surface area contributed by atoms with Gasteiger partial charge in [-0.2, -0.15) is 0 Å². The van der Waals surface area contributed by atoms with Gasteiger partial charge in [-0.3, -0.25) is 9.59 Å². The molecule has 0 saturated carbocycles. The third-order valence-corrected chi connectivity index (χ3v) is 3.40. The Hall–Kier alpha value is -1.53. The van der Waals surface area contributed by atoms with Crippen LogP contribution in [0.5, 0.6) is 0 Å². The summed E-state index contributed by atoms with van der Waals surface area (Å²) in [6.45, 7) is 0. The largest absolute Gasteiger partial charge is 0.480 e.